The van der Waals surface area contributed by atoms with Gasteiger partial charge < -0.3 is 14.6 Å². The molecule has 0 atom stereocenters. The lowest BCUT2D eigenvalue weighted by molar-refractivity contribution is -0.131. The van der Waals surface area contributed by atoms with Crippen LogP contribution in [0.25, 0.3) is 6.08 Å². The molecule has 2 aromatic carbocycles. The van der Waals surface area contributed by atoms with Crippen molar-refractivity contribution in [3.63, 3.8) is 0 Å². The van der Waals surface area contributed by atoms with Crippen LogP contribution in [0.2, 0.25) is 0 Å². The fourth-order valence-electron chi connectivity index (χ4n) is 1.63. The van der Waals surface area contributed by atoms with Gasteiger partial charge in [0.2, 0.25) is 0 Å². The molecule has 2 aromatic rings. The van der Waals surface area contributed by atoms with E-state index in [-0.39, 0.29) is 0 Å². The van der Waals surface area contributed by atoms with Crippen molar-refractivity contribution < 1.29 is 19.4 Å². The summed E-state index contributed by atoms with van der Waals surface area (Å²) in [5, 5.41) is 8.60. The van der Waals surface area contributed by atoms with E-state index in [1.165, 1.54) is 6.08 Å². The summed E-state index contributed by atoms with van der Waals surface area (Å²) in [6.07, 6.45) is 2.61. The number of carboxylic acid groups (broad SMARTS) is 1. The van der Waals surface area contributed by atoms with Gasteiger partial charge in [-0.25, -0.2) is 4.79 Å². The van der Waals surface area contributed by atoms with E-state index in [0.29, 0.717) is 11.5 Å². The molecule has 0 saturated carbocycles. The average molecular weight is 270 g/mol. The largest absolute Gasteiger partial charge is 0.497 e. The summed E-state index contributed by atoms with van der Waals surface area (Å²) >= 11 is 0. The van der Waals surface area contributed by atoms with Crippen molar-refractivity contribution in [2.24, 2.45) is 0 Å². The Bertz CT molecular complexity index is 615. The van der Waals surface area contributed by atoms with Crippen molar-refractivity contribution >= 4 is 12.0 Å². The van der Waals surface area contributed by atoms with E-state index in [9.17, 15) is 4.79 Å². The van der Waals surface area contributed by atoms with Crippen molar-refractivity contribution in [3.8, 4) is 17.2 Å². The zero-order valence-electron chi connectivity index (χ0n) is 10.9. The van der Waals surface area contributed by atoms with Crippen LogP contribution < -0.4 is 9.47 Å². The Labute approximate surface area is 116 Å². The van der Waals surface area contributed by atoms with Gasteiger partial charge in [-0.15, -0.1) is 0 Å². The summed E-state index contributed by atoms with van der Waals surface area (Å²) in [5.41, 5.74) is 0.762. The predicted molar refractivity (Wildman–Crippen MR) is 76.2 cm³/mol. The molecular weight excluding hydrogens is 256 g/mol. The van der Waals surface area contributed by atoms with Crippen LogP contribution in [0.15, 0.2) is 54.6 Å². The Morgan fingerprint density at radius 1 is 1.05 bits per heavy atom. The van der Waals surface area contributed by atoms with Crippen molar-refractivity contribution in [2.75, 3.05) is 7.11 Å². The predicted octanol–water partition coefficient (Wildman–Crippen LogP) is 3.59. The molecule has 1 N–H and O–H groups in total. The van der Waals surface area contributed by atoms with E-state index in [4.69, 9.17) is 14.6 Å². The number of carboxylic acids is 1. The van der Waals surface area contributed by atoms with Gasteiger partial charge in [-0.05, 0) is 48.0 Å². The highest BCUT2D eigenvalue weighted by molar-refractivity contribution is 5.85. The summed E-state index contributed by atoms with van der Waals surface area (Å²) in [5.74, 6) is 1.11. The lowest BCUT2D eigenvalue weighted by Gasteiger charge is -2.07. The lowest BCUT2D eigenvalue weighted by atomic mass is 10.2. The fraction of sp³-hybridized carbons (Fsp3) is 0.0625. The second-order valence-corrected chi connectivity index (χ2v) is 4.02. The summed E-state index contributed by atoms with van der Waals surface area (Å²) in [6.45, 7) is 0. The molecule has 0 saturated heterocycles. The van der Waals surface area contributed by atoms with E-state index in [1.54, 1.807) is 37.4 Å². The molecule has 0 aromatic heterocycles. The molecule has 102 valence electrons. The first kappa shape index (κ1) is 13.7. The quantitative estimate of drug-likeness (QED) is 0.844. The molecule has 0 unspecified atom stereocenters. The maximum Gasteiger partial charge on any atom is 0.328 e. The topological polar surface area (TPSA) is 55.8 Å². The Morgan fingerprint density at radius 2 is 1.75 bits per heavy atom. The Balaban J connectivity index is 2.12. The molecule has 0 radical (unpaired) electrons. The molecular formula is C16H14O4. The van der Waals surface area contributed by atoms with Crippen LogP contribution in [-0.2, 0) is 4.79 Å². The van der Waals surface area contributed by atoms with Gasteiger partial charge in [0.25, 0.3) is 0 Å². The van der Waals surface area contributed by atoms with Crippen LogP contribution in [0.3, 0.4) is 0 Å². The summed E-state index contributed by atoms with van der Waals surface area (Å²) in [4.78, 5) is 10.5. The Morgan fingerprint density at radius 3 is 2.40 bits per heavy atom. The van der Waals surface area contributed by atoms with Gasteiger partial charge in [0.05, 0.1) is 7.11 Å². The number of ether oxygens (including phenoxy) is 2. The first-order valence-electron chi connectivity index (χ1n) is 6.00. The minimum Gasteiger partial charge on any atom is -0.497 e. The van der Waals surface area contributed by atoms with Crippen molar-refractivity contribution in [1.29, 1.82) is 0 Å². The summed E-state index contributed by atoms with van der Waals surface area (Å²) in [6, 6.07) is 14.4. The standard InChI is InChI=1S/C16H14O4/c1-19-13-6-8-14(9-7-13)20-15-4-2-3-12(11-15)5-10-16(17)18/h2-11H,1H3,(H,17,18)/b10-5+. The summed E-state index contributed by atoms with van der Waals surface area (Å²) in [7, 11) is 1.61. The van der Waals surface area contributed by atoms with Crippen LogP contribution >= 0.6 is 0 Å². The van der Waals surface area contributed by atoms with Crippen molar-refractivity contribution in [2.45, 2.75) is 0 Å². The third-order valence-electron chi connectivity index (χ3n) is 2.57. The number of carbonyl (C=O) groups is 1. The monoisotopic (exact) mass is 270 g/mol. The maximum atomic E-state index is 10.5. The number of hydrogen-bond donors (Lipinski definition) is 1. The van der Waals surface area contributed by atoms with Gasteiger partial charge in [0.15, 0.2) is 0 Å². The van der Waals surface area contributed by atoms with Crippen molar-refractivity contribution in [3.05, 3.63) is 60.2 Å². The third kappa shape index (κ3) is 3.88. The molecule has 20 heavy (non-hydrogen) atoms. The molecule has 0 heterocycles. The zero-order chi connectivity index (χ0) is 14.4. The molecule has 0 fully saturated rings. The number of methoxy groups -OCH3 is 1. The molecule has 0 bridgehead atoms. The van der Waals surface area contributed by atoms with Gasteiger partial charge in [-0.1, -0.05) is 12.1 Å². The number of aliphatic carboxylic acids is 1. The van der Waals surface area contributed by atoms with Gasteiger partial charge in [-0.2, -0.15) is 0 Å². The highest BCUT2D eigenvalue weighted by Gasteiger charge is 1.99. The van der Waals surface area contributed by atoms with E-state index in [2.05, 4.69) is 0 Å². The van der Waals surface area contributed by atoms with Gasteiger partial charge in [0.1, 0.15) is 17.2 Å². The zero-order valence-corrected chi connectivity index (χ0v) is 10.9. The highest BCUT2D eigenvalue weighted by Crippen LogP contribution is 2.24. The second-order valence-electron chi connectivity index (χ2n) is 4.02. The number of rotatable bonds is 5. The molecule has 4 nitrogen and oxygen atoms in total. The maximum absolute atomic E-state index is 10.5. The fourth-order valence-corrected chi connectivity index (χ4v) is 1.63. The average Bonchev–Trinajstić information content (AvgIpc) is 2.46. The molecule has 0 aliphatic heterocycles. The van der Waals surface area contributed by atoms with Gasteiger partial charge >= 0.3 is 5.97 Å². The second kappa shape index (κ2) is 6.43. The normalized spacial score (nSPS) is 10.4. The molecule has 4 heteroatoms. The first-order chi connectivity index (χ1) is 9.67. The van der Waals surface area contributed by atoms with E-state index < -0.39 is 5.97 Å². The van der Waals surface area contributed by atoms with Crippen LogP contribution in [0.1, 0.15) is 5.56 Å². The van der Waals surface area contributed by atoms with Crippen LogP contribution in [0.5, 0.6) is 17.2 Å². The van der Waals surface area contributed by atoms with E-state index >= 15 is 0 Å². The van der Waals surface area contributed by atoms with Crippen molar-refractivity contribution in [1.82, 2.24) is 0 Å². The van der Waals surface area contributed by atoms with E-state index in [0.717, 1.165) is 17.4 Å². The smallest absolute Gasteiger partial charge is 0.328 e. The minimum absolute atomic E-state index is 0.641. The Hall–Kier alpha value is -2.75. The Kier molecular flexibility index (Phi) is 4.39. The number of hydrogen-bond acceptors (Lipinski definition) is 3. The molecule has 2 rings (SSSR count). The van der Waals surface area contributed by atoms with E-state index in [1.807, 2.05) is 18.2 Å². The highest BCUT2D eigenvalue weighted by atomic mass is 16.5. The van der Waals surface area contributed by atoms with Gasteiger partial charge in [-0.3, -0.25) is 0 Å². The van der Waals surface area contributed by atoms with Crippen LogP contribution in [0, 0.1) is 0 Å². The minimum atomic E-state index is -0.980. The molecule has 0 aliphatic carbocycles. The summed E-state index contributed by atoms with van der Waals surface area (Å²) < 4.78 is 10.8. The van der Waals surface area contributed by atoms with Crippen LogP contribution in [0.4, 0.5) is 0 Å². The third-order valence-corrected chi connectivity index (χ3v) is 2.57. The first-order valence-corrected chi connectivity index (χ1v) is 6.00. The lowest BCUT2D eigenvalue weighted by Crippen LogP contribution is -1.87. The number of benzene rings is 2. The molecule has 0 amide bonds. The molecule has 0 aliphatic rings. The van der Waals surface area contributed by atoms with Gasteiger partial charge in [0, 0.05) is 6.08 Å². The molecule has 0 spiro atoms. The van der Waals surface area contributed by atoms with Crippen LogP contribution in [-0.4, -0.2) is 18.2 Å². The SMILES string of the molecule is COc1ccc(Oc2cccc(/C=C/C(=O)O)c2)cc1.